The van der Waals surface area contributed by atoms with Gasteiger partial charge in [-0.1, -0.05) is 36.3 Å². The minimum atomic E-state index is -0.408. The standard InChI is InChI=1S/C26H32N6O3/c1-3-5-17-31-22-23(29-26(31)30-15-10-7-11-16-30)28-25(27-19-21(33)35-4-2)32(24(22)34)18-14-20-12-8-6-9-13-20/h6,8-9,12-13H,4,7,10-11,14-19H2,1-2H3,(H,27,28). The molecule has 3 aromatic rings. The summed E-state index contributed by atoms with van der Waals surface area (Å²) in [5, 5.41) is 3.01. The molecule has 1 aliphatic heterocycles. The summed E-state index contributed by atoms with van der Waals surface area (Å²) in [6, 6.07) is 9.97. The molecule has 1 aromatic carbocycles. The van der Waals surface area contributed by atoms with Crippen molar-refractivity contribution in [1.82, 2.24) is 19.1 Å². The van der Waals surface area contributed by atoms with Gasteiger partial charge >= 0.3 is 5.97 Å². The van der Waals surface area contributed by atoms with Gasteiger partial charge in [0.2, 0.25) is 11.9 Å². The van der Waals surface area contributed by atoms with Gasteiger partial charge in [-0.05, 0) is 45.1 Å². The Labute approximate surface area is 205 Å². The van der Waals surface area contributed by atoms with Crippen LogP contribution in [-0.4, -0.2) is 51.3 Å². The predicted octanol–water partition coefficient (Wildman–Crippen LogP) is 2.82. The zero-order valence-electron chi connectivity index (χ0n) is 20.4. The number of piperidine rings is 1. The van der Waals surface area contributed by atoms with Crippen molar-refractivity contribution < 1.29 is 9.53 Å². The maximum atomic E-state index is 13.9. The van der Waals surface area contributed by atoms with E-state index in [4.69, 9.17) is 14.7 Å². The summed E-state index contributed by atoms with van der Waals surface area (Å²) in [6.45, 7) is 6.29. The molecule has 1 fully saturated rings. The number of nitrogens with one attached hydrogen (secondary N) is 1. The molecule has 0 saturated carbocycles. The highest BCUT2D eigenvalue weighted by Gasteiger charge is 2.24. The first-order valence-corrected chi connectivity index (χ1v) is 12.2. The van der Waals surface area contributed by atoms with Gasteiger partial charge in [0.05, 0.1) is 13.2 Å². The molecule has 0 spiro atoms. The minimum Gasteiger partial charge on any atom is -0.465 e. The summed E-state index contributed by atoms with van der Waals surface area (Å²) >= 11 is 0. The van der Waals surface area contributed by atoms with E-state index in [9.17, 15) is 9.59 Å². The second-order valence-corrected chi connectivity index (χ2v) is 8.43. The molecule has 9 nitrogen and oxygen atoms in total. The molecule has 0 radical (unpaired) electrons. The second-order valence-electron chi connectivity index (χ2n) is 8.43. The number of hydrogen-bond donors (Lipinski definition) is 1. The number of esters is 1. The summed E-state index contributed by atoms with van der Waals surface area (Å²) in [6.07, 6.45) is 4.01. The van der Waals surface area contributed by atoms with E-state index in [1.807, 2.05) is 34.9 Å². The summed E-state index contributed by atoms with van der Waals surface area (Å²) in [7, 11) is 0. The van der Waals surface area contributed by atoms with Crippen molar-refractivity contribution in [3.8, 4) is 11.8 Å². The van der Waals surface area contributed by atoms with E-state index in [1.54, 1.807) is 18.4 Å². The number of nitrogens with zero attached hydrogens (tertiary/aromatic N) is 5. The van der Waals surface area contributed by atoms with Gasteiger partial charge in [0, 0.05) is 19.6 Å². The van der Waals surface area contributed by atoms with Crippen LogP contribution in [0.5, 0.6) is 0 Å². The Morgan fingerprint density at radius 3 is 2.60 bits per heavy atom. The number of carbonyl (C=O) groups excluding carboxylic acids is 1. The first kappa shape index (κ1) is 24.3. The molecule has 1 N–H and O–H groups in total. The Morgan fingerprint density at radius 1 is 1.11 bits per heavy atom. The van der Waals surface area contributed by atoms with Crippen molar-refractivity contribution in [2.75, 3.05) is 36.5 Å². The van der Waals surface area contributed by atoms with E-state index in [1.165, 1.54) is 6.42 Å². The molecule has 0 unspecified atom stereocenters. The van der Waals surface area contributed by atoms with Crippen LogP contribution in [0.3, 0.4) is 0 Å². The Balaban J connectivity index is 1.79. The van der Waals surface area contributed by atoms with Crippen LogP contribution in [0.4, 0.5) is 11.9 Å². The first-order chi connectivity index (χ1) is 17.1. The van der Waals surface area contributed by atoms with Crippen molar-refractivity contribution in [2.24, 2.45) is 0 Å². The Hall–Kier alpha value is -3.80. The number of hydrogen-bond acceptors (Lipinski definition) is 7. The third kappa shape index (κ3) is 5.65. The molecular formula is C26H32N6O3. The van der Waals surface area contributed by atoms with Gasteiger partial charge in [0.15, 0.2) is 11.2 Å². The fourth-order valence-corrected chi connectivity index (χ4v) is 4.34. The topological polar surface area (TPSA) is 94.3 Å². The number of aryl methyl sites for hydroxylation is 1. The van der Waals surface area contributed by atoms with Crippen LogP contribution in [0.15, 0.2) is 35.1 Å². The Kier molecular flexibility index (Phi) is 8.03. The van der Waals surface area contributed by atoms with Crippen LogP contribution < -0.4 is 15.8 Å². The highest BCUT2D eigenvalue weighted by molar-refractivity contribution is 5.77. The average Bonchev–Trinajstić information content (AvgIpc) is 3.25. The quantitative estimate of drug-likeness (QED) is 0.375. The van der Waals surface area contributed by atoms with Crippen LogP contribution in [0, 0.1) is 11.8 Å². The zero-order chi connectivity index (χ0) is 24.6. The molecule has 2 aromatic heterocycles. The molecule has 0 aliphatic carbocycles. The summed E-state index contributed by atoms with van der Waals surface area (Å²) in [5.74, 6) is 6.64. The lowest BCUT2D eigenvalue weighted by Crippen LogP contribution is -2.32. The van der Waals surface area contributed by atoms with Crippen molar-refractivity contribution in [3.05, 3.63) is 46.2 Å². The second kappa shape index (κ2) is 11.6. The van der Waals surface area contributed by atoms with Gasteiger partial charge in [-0.25, -0.2) is 0 Å². The van der Waals surface area contributed by atoms with Crippen LogP contribution in [-0.2, 0) is 29.0 Å². The lowest BCUT2D eigenvalue weighted by atomic mass is 10.1. The molecule has 0 amide bonds. The molecule has 9 heteroatoms. The van der Waals surface area contributed by atoms with Crippen molar-refractivity contribution >= 4 is 29.0 Å². The minimum absolute atomic E-state index is 0.0852. The number of ether oxygens (including phenoxy) is 1. The molecule has 3 heterocycles. The number of anilines is 2. The van der Waals surface area contributed by atoms with E-state index in [-0.39, 0.29) is 18.7 Å². The molecule has 0 bridgehead atoms. The van der Waals surface area contributed by atoms with Crippen LogP contribution in [0.25, 0.3) is 11.2 Å². The SMILES string of the molecule is CC#CCn1c(N2CCCCC2)nc2nc(NCC(=O)OCC)n(CCc3ccccc3)c(=O)c21. The molecule has 35 heavy (non-hydrogen) atoms. The monoisotopic (exact) mass is 476 g/mol. The zero-order valence-corrected chi connectivity index (χ0v) is 20.4. The number of benzene rings is 1. The molecule has 0 atom stereocenters. The largest absolute Gasteiger partial charge is 0.465 e. The lowest BCUT2D eigenvalue weighted by molar-refractivity contribution is -0.140. The maximum absolute atomic E-state index is 13.9. The highest BCUT2D eigenvalue weighted by Crippen LogP contribution is 2.24. The molecule has 1 saturated heterocycles. The van der Waals surface area contributed by atoms with E-state index in [0.29, 0.717) is 36.6 Å². The van der Waals surface area contributed by atoms with Crippen molar-refractivity contribution in [2.45, 2.75) is 52.6 Å². The van der Waals surface area contributed by atoms with E-state index in [2.05, 4.69) is 22.1 Å². The van der Waals surface area contributed by atoms with E-state index < -0.39 is 5.97 Å². The van der Waals surface area contributed by atoms with Gasteiger partial charge < -0.3 is 15.0 Å². The van der Waals surface area contributed by atoms with Crippen LogP contribution in [0.1, 0.15) is 38.7 Å². The Morgan fingerprint density at radius 2 is 1.89 bits per heavy atom. The molecule has 1 aliphatic rings. The smallest absolute Gasteiger partial charge is 0.325 e. The fraction of sp³-hybridized carbons (Fsp3) is 0.462. The predicted molar refractivity (Wildman–Crippen MR) is 137 cm³/mol. The highest BCUT2D eigenvalue weighted by atomic mass is 16.5. The average molecular weight is 477 g/mol. The number of aromatic nitrogens is 4. The lowest BCUT2D eigenvalue weighted by Gasteiger charge is -2.27. The van der Waals surface area contributed by atoms with Crippen LogP contribution >= 0.6 is 0 Å². The molecule has 4 rings (SSSR count). The third-order valence-electron chi connectivity index (χ3n) is 6.06. The summed E-state index contributed by atoms with van der Waals surface area (Å²) in [4.78, 5) is 37.5. The van der Waals surface area contributed by atoms with Gasteiger partial charge in [0.25, 0.3) is 5.56 Å². The molecule has 184 valence electrons. The van der Waals surface area contributed by atoms with Crippen LogP contribution in [0.2, 0.25) is 0 Å². The van der Waals surface area contributed by atoms with Crippen molar-refractivity contribution in [3.63, 3.8) is 0 Å². The van der Waals surface area contributed by atoms with Gasteiger partial charge in [-0.15, -0.1) is 5.92 Å². The van der Waals surface area contributed by atoms with Crippen molar-refractivity contribution in [1.29, 1.82) is 0 Å². The number of imidazole rings is 1. The third-order valence-corrected chi connectivity index (χ3v) is 6.06. The van der Waals surface area contributed by atoms with E-state index in [0.717, 1.165) is 37.4 Å². The molecular weight excluding hydrogens is 444 g/mol. The van der Waals surface area contributed by atoms with E-state index >= 15 is 0 Å². The number of carbonyl (C=O) groups is 1. The van der Waals surface area contributed by atoms with Gasteiger partial charge in [-0.3, -0.25) is 18.7 Å². The number of fused-ring (bicyclic) bond motifs is 1. The Bertz CT molecular complexity index is 1280. The first-order valence-electron chi connectivity index (χ1n) is 12.2. The summed E-state index contributed by atoms with van der Waals surface area (Å²) in [5.41, 5.74) is 1.69. The normalized spacial score (nSPS) is 13.4. The summed E-state index contributed by atoms with van der Waals surface area (Å²) < 4.78 is 8.52. The van der Waals surface area contributed by atoms with Gasteiger partial charge in [-0.2, -0.15) is 9.97 Å². The maximum Gasteiger partial charge on any atom is 0.325 e. The fourth-order valence-electron chi connectivity index (χ4n) is 4.34. The number of rotatable bonds is 9. The van der Waals surface area contributed by atoms with Gasteiger partial charge in [0.1, 0.15) is 6.54 Å².